The lowest BCUT2D eigenvalue weighted by Crippen LogP contribution is -2.11. The Morgan fingerprint density at radius 2 is 2.17 bits per heavy atom. The van der Waals surface area contributed by atoms with Crippen LogP contribution in [0.3, 0.4) is 0 Å². The van der Waals surface area contributed by atoms with Crippen molar-refractivity contribution in [3.8, 4) is 0 Å². The highest BCUT2D eigenvalue weighted by molar-refractivity contribution is 7.98. The number of aromatic nitrogens is 5. The molecule has 0 bridgehead atoms. The van der Waals surface area contributed by atoms with Gasteiger partial charge in [-0.25, -0.2) is 0 Å². The third-order valence-corrected chi connectivity index (χ3v) is 3.38. The highest BCUT2D eigenvalue weighted by Crippen LogP contribution is 2.23. The predicted octanol–water partition coefficient (Wildman–Crippen LogP) is 1.40. The van der Waals surface area contributed by atoms with Gasteiger partial charge in [0.15, 0.2) is 5.16 Å². The van der Waals surface area contributed by atoms with Gasteiger partial charge in [0, 0.05) is 30.4 Å². The second-order valence-corrected chi connectivity index (χ2v) is 4.99. The number of nitrogens with zero attached hydrogens (tertiary/aromatic N) is 5. The van der Waals surface area contributed by atoms with E-state index in [0.717, 1.165) is 22.4 Å². The predicted molar refractivity (Wildman–Crippen MR) is 69.9 cm³/mol. The number of nitrogens with two attached hydrogens (primary N) is 1. The van der Waals surface area contributed by atoms with E-state index in [1.54, 1.807) is 30.4 Å². The second kappa shape index (κ2) is 5.92. The summed E-state index contributed by atoms with van der Waals surface area (Å²) in [5.74, 6) is 1.54. The summed E-state index contributed by atoms with van der Waals surface area (Å²) in [7, 11) is 0. The lowest BCUT2D eigenvalue weighted by atomic mass is 10.4. The van der Waals surface area contributed by atoms with E-state index in [-0.39, 0.29) is 0 Å². The number of hydrogen-bond acceptors (Lipinski definition) is 6. The Labute approximate surface area is 110 Å². The Hall–Kier alpha value is -1.47. The van der Waals surface area contributed by atoms with E-state index in [9.17, 15) is 0 Å². The summed E-state index contributed by atoms with van der Waals surface area (Å²) in [5, 5.41) is 9.14. The number of hydrogen-bond donors (Lipinski definition) is 1. The van der Waals surface area contributed by atoms with Crippen molar-refractivity contribution in [2.24, 2.45) is 5.73 Å². The van der Waals surface area contributed by atoms with Crippen LogP contribution in [0, 0.1) is 0 Å². The Bertz CT molecular complexity index is 495. The van der Waals surface area contributed by atoms with E-state index in [1.165, 1.54) is 0 Å². The third-order valence-electron chi connectivity index (χ3n) is 2.40. The molecule has 7 heteroatoms. The van der Waals surface area contributed by atoms with Gasteiger partial charge >= 0.3 is 0 Å². The van der Waals surface area contributed by atoms with E-state index >= 15 is 0 Å². The molecular weight excluding hydrogens is 248 g/mol. The van der Waals surface area contributed by atoms with Gasteiger partial charge in [0.2, 0.25) is 0 Å². The fourth-order valence-corrected chi connectivity index (χ4v) is 2.59. The zero-order chi connectivity index (χ0) is 13.0. The van der Waals surface area contributed by atoms with Crippen molar-refractivity contribution in [1.82, 2.24) is 24.7 Å². The standard InChI is InChI=1S/C11H16N6S/c1-8(2)17-10(5-12)15-16-11(17)18-7-9-6-13-3-4-14-9/h3-4,6,8H,5,7,12H2,1-2H3. The largest absolute Gasteiger partial charge is 0.324 e. The highest BCUT2D eigenvalue weighted by Gasteiger charge is 2.14. The van der Waals surface area contributed by atoms with Gasteiger partial charge in [-0.2, -0.15) is 0 Å². The average molecular weight is 264 g/mol. The molecule has 0 saturated heterocycles. The van der Waals surface area contributed by atoms with Gasteiger partial charge in [-0.15, -0.1) is 10.2 Å². The molecule has 0 unspecified atom stereocenters. The SMILES string of the molecule is CC(C)n1c(CN)nnc1SCc1cnccn1. The molecule has 0 aliphatic heterocycles. The lowest BCUT2D eigenvalue weighted by Gasteiger charge is -2.12. The molecule has 2 rings (SSSR count). The molecule has 0 fully saturated rings. The van der Waals surface area contributed by atoms with Crippen LogP contribution in [0.2, 0.25) is 0 Å². The van der Waals surface area contributed by atoms with Gasteiger partial charge in [-0.05, 0) is 13.8 Å². The van der Waals surface area contributed by atoms with Crippen molar-refractivity contribution in [2.75, 3.05) is 0 Å². The normalized spacial score (nSPS) is 11.1. The summed E-state index contributed by atoms with van der Waals surface area (Å²) >= 11 is 1.60. The van der Waals surface area contributed by atoms with Crippen molar-refractivity contribution in [2.45, 2.75) is 37.3 Å². The van der Waals surface area contributed by atoms with Crippen LogP contribution in [0.4, 0.5) is 0 Å². The minimum Gasteiger partial charge on any atom is -0.324 e. The van der Waals surface area contributed by atoms with Gasteiger partial charge < -0.3 is 10.3 Å². The molecule has 2 aromatic rings. The van der Waals surface area contributed by atoms with Crippen molar-refractivity contribution in [3.63, 3.8) is 0 Å². The van der Waals surface area contributed by atoms with Crippen LogP contribution in [-0.2, 0) is 12.3 Å². The molecule has 0 amide bonds. The van der Waals surface area contributed by atoms with E-state index < -0.39 is 0 Å². The zero-order valence-corrected chi connectivity index (χ0v) is 11.3. The summed E-state index contributed by atoms with van der Waals surface area (Å²) in [6.45, 7) is 4.58. The molecule has 0 aromatic carbocycles. The molecule has 2 aromatic heterocycles. The van der Waals surface area contributed by atoms with Crippen molar-refractivity contribution < 1.29 is 0 Å². The molecule has 0 spiro atoms. The second-order valence-electron chi connectivity index (χ2n) is 4.05. The Balaban J connectivity index is 2.12. The minimum atomic E-state index is 0.294. The van der Waals surface area contributed by atoms with Gasteiger partial charge in [0.25, 0.3) is 0 Å². The van der Waals surface area contributed by atoms with Crippen LogP contribution in [-0.4, -0.2) is 24.7 Å². The zero-order valence-electron chi connectivity index (χ0n) is 10.4. The molecule has 0 aliphatic carbocycles. The summed E-state index contributed by atoms with van der Waals surface area (Å²) in [5.41, 5.74) is 6.58. The summed E-state index contributed by atoms with van der Waals surface area (Å²) in [4.78, 5) is 8.27. The van der Waals surface area contributed by atoms with Crippen LogP contribution >= 0.6 is 11.8 Å². The highest BCUT2D eigenvalue weighted by atomic mass is 32.2. The van der Waals surface area contributed by atoms with Gasteiger partial charge in [-0.1, -0.05) is 11.8 Å². The average Bonchev–Trinajstić information content (AvgIpc) is 2.80. The maximum Gasteiger partial charge on any atom is 0.191 e. The first-order valence-corrected chi connectivity index (χ1v) is 6.72. The molecule has 0 saturated carbocycles. The van der Waals surface area contributed by atoms with Crippen LogP contribution in [0.5, 0.6) is 0 Å². The molecule has 6 nitrogen and oxygen atoms in total. The summed E-state index contributed by atoms with van der Waals surface area (Å²) in [6, 6.07) is 0.294. The first-order chi connectivity index (χ1) is 8.72. The number of rotatable bonds is 5. The first kappa shape index (κ1) is 13.0. The molecule has 0 radical (unpaired) electrons. The Morgan fingerprint density at radius 1 is 1.33 bits per heavy atom. The molecule has 18 heavy (non-hydrogen) atoms. The lowest BCUT2D eigenvalue weighted by molar-refractivity contribution is 0.526. The fourth-order valence-electron chi connectivity index (χ4n) is 1.61. The molecule has 0 aliphatic rings. The first-order valence-electron chi connectivity index (χ1n) is 5.74. The maximum atomic E-state index is 5.65. The van der Waals surface area contributed by atoms with Crippen molar-refractivity contribution in [3.05, 3.63) is 30.1 Å². The van der Waals surface area contributed by atoms with Crippen molar-refractivity contribution >= 4 is 11.8 Å². The van der Waals surface area contributed by atoms with Gasteiger partial charge in [0.05, 0.1) is 12.2 Å². The van der Waals surface area contributed by atoms with E-state index in [2.05, 4.69) is 38.6 Å². The van der Waals surface area contributed by atoms with E-state index in [0.29, 0.717) is 12.6 Å². The van der Waals surface area contributed by atoms with Crippen LogP contribution in [0.25, 0.3) is 0 Å². The van der Waals surface area contributed by atoms with E-state index in [4.69, 9.17) is 5.73 Å². The third kappa shape index (κ3) is 2.85. The van der Waals surface area contributed by atoms with Crippen LogP contribution in [0.1, 0.15) is 31.4 Å². The molecule has 96 valence electrons. The maximum absolute atomic E-state index is 5.65. The quantitative estimate of drug-likeness (QED) is 0.822. The van der Waals surface area contributed by atoms with Gasteiger partial charge in [0.1, 0.15) is 5.82 Å². The summed E-state index contributed by atoms with van der Waals surface area (Å²) < 4.78 is 2.06. The molecule has 2 N–H and O–H groups in total. The monoisotopic (exact) mass is 264 g/mol. The van der Waals surface area contributed by atoms with Crippen LogP contribution in [0.15, 0.2) is 23.7 Å². The smallest absolute Gasteiger partial charge is 0.191 e. The molecular formula is C11H16N6S. The molecule has 0 atom stereocenters. The fraction of sp³-hybridized carbons (Fsp3) is 0.455. The summed E-state index contributed by atoms with van der Waals surface area (Å²) in [6.07, 6.45) is 5.11. The van der Waals surface area contributed by atoms with Crippen LogP contribution < -0.4 is 5.73 Å². The minimum absolute atomic E-state index is 0.294. The van der Waals surface area contributed by atoms with Crippen molar-refractivity contribution in [1.29, 1.82) is 0 Å². The topological polar surface area (TPSA) is 82.5 Å². The van der Waals surface area contributed by atoms with Gasteiger partial charge in [-0.3, -0.25) is 9.97 Å². The van der Waals surface area contributed by atoms with E-state index in [1.807, 2.05) is 0 Å². The molecule has 2 heterocycles. The number of thioether (sulfide) groups is 1. The Kier molecular flexibility index (Phi) is 4.27. The Morgan fingerprint density at radius 3 is 2.78 bits per heavy atom.